The molecule has 0 saturated carbocycles. The number of halogens is 1. The van der Waals surface area contributed by atoms with Gasteiger partial charge in [-0.25, -0.2) is 4.98 Å². The highest BCUT2D eigenvalue weighted by Gasteiger charge is 2.16. The fraction of sp³-hybridized carbons (Fsp3) is 0.238. The first-order valence-electron chi connectivity index (χ1n) is 8.93. The van der Waals surface area contributed by atoms with Crippen LogP contribution in [0.1, 0.15) is 20.4 Å². The van der Waals surface area contributed by atoms with E-state index in [9.17, 15) is 4.79 Å². The van der Waals surface area contributed by atoms with Crippen LogP contribution in [-0.2, 0) is 11.3 Å². The van der Waals surface area contributed by atoms with Gasteiger partial charge in [0.2, 0.25) is 0 Å². The van der Waals surface area contributed by atoms with Crippen molar-refractivity contribution < 1.29 is 19.0 Å². The van der Waals surface area contributed by atoms with Gasteiger partial charge >= 0.3 is 0 Å². The molecule has 1 N–H and O–H groups in total. The van der Waals surface area contributed by atoms with Crippen molar-refractivity contribution in [2.45, 2.75) is 13.5 Å². The Balaban J connectivity index is 1.57. The molecule has 1 heterocycles. The summed E-state index contributed by atoms with van der Waals surface area (Å²) in [5.41, 5.74) is 1.35. The Labute approximate surface area is 178 Å². The lowest BCUT2D eigenvalue weighted by Crippen LogP contribution is -2.11. The molecule has 3 rings (SSSR count). The van der Waals surface area contributed by atoms with Crippen LogP contribution in [0.2, 0.25) is 5.02 Å². The number of benzene rings is 2. The Morgan fingerprint density at radius 3 is 2.38 bits per heavy atom. The van der Waals surface area contributed by atoms with Crippen LogP contribution in [0.25, 0.3) is 0 Å². The van der Waals surface area contributed by atoms with E-state index in [2.05, 4.69) is 10.3 Å². The normalized spacial score (nSPS) is 10.6. The second kappa shape index (κ2) is 10.2. The van der Waals surface area contributed by atoms with E-state index in [0.29, 0.717) is 40.2 Å². The fourth-order valence-electron chi connectivity index (χ4n) is 2.47. The van der Waals surface area contributed by atoms with Crippen molar-refractivity contribution in [3.05, 3.63) is 69.1 Å². The summed E-state index contributed by atoms with van der Waals surface area (Å²) in [5, 5.41) is 4.26. The van der Waals surface area contributed by atoms with Crippen molar-refractivity contribution >= 4 is 34.5 Å². The standard InChI is InChI=1S/C21H21ClN2O4S/c1-14-20(29-19(23-14)13-28-18-7-3-15(22)4-8-18)21(25)24-16-5-9-17(10-6-16)27-12-11-26-2/h3-10H,11-13H2,1-2H3,(H,24,25). The number of aryl methyl sites for hydroxylation is 1. The number of rotatable bonds is 9. The first-order valence-corrected chi connectivity index (χ1v) is 10.1. The molecule has 1 aromatic heterocycles. The molecule has 0 aliphatic rings. The van der Waals surface area contributed by atoms with Gasteiger partial charge in [-0.2, -0.15) is 0 Å². The molecule has 0 unspecified atom stereocenters. The lowest BCUT2D eigenvalue weighted by molar-refractivity contribution is 0.103. The summed E-state index contributed by atoms with van der Waals surface area (Å²) in [7, 11) is 1.62. The van der Waals surface area contributed by atoms with Gasteiger partial charge in [0.25, 0.3) is 5.91 Å². The number of carbonyl (C=O) groups is 1. The van der Waals surface area contributed by atoms with Gasteiger partial charge in [0.05, 0.1) is 12.3 Å². The van der Waals surface area contributed by atoms with Gasteiger partial charge in [-0.15, -0.1) is 11.3 Å². The predicted octanol–water partition coefficient (Wildman–Crippen LogP) is 4.96. The zero-order valence-corrected chi connectivity index (χ0v) is 17.7. The van der Waals surface area contributed by atoms with Gasteiger partial charge in [0, 0.05) is 17.8 Å². The largest absolute Gasteiger partial charge is 0.491 e. The molecular weight excluding hydrogens is 412 g/mol. The lowest BCUT2D eigenvalue weighted by atomic mass is 10.3. The maximum absolute atomic E-state index is 12.6. The van der Waals surface area contributed by atoms with Gasteiger partial charge < -0.3 is 19.5 Å². The first kappa shape index (κ1) is 21.1. The van der Waals surface area contributed by atoms with E-state index in [1.54, 1.807) is 55.6 Å². The summed E-state index contributed by atoms with van der Waals surface area (Å²) in [6.45, 7) is 3.09. The SMILES string of the molecule is COCCOc1ccc(NC(=O)c2sc(COc3ccc(Cl)cc3)nc2C)cc1. The van der Waals surface area contributed by atoms with Crippen LogP contribution in [0, 0.1) is 6.92 Å². The minimum atomic E-state index is -0.203. The van der Waals surface area contributed by atoms with Crippen molar-refractivity contribution in [3.63, 3.8) is 0 Å². The molecule has 0 saturated heterocycles. The molecule has 29 heavy (non-hydrogen) atoms. The van der Waals surface area contributed by atoms with Crippen LogP contribution in [0.5, 0.6) is 11.5 Å². The topological polar surface area (TPSA) is 69.7 Å². The highest BCUT2D eigenvalue weighted by molar-refractivity contribution is 7.13. The summed E-state index contributed by atoms with van der Waals surface area (Å²) in [6, 6.07) is 14.3. The van der Waals surface area contributed by atoms with Crippen LogP contribution >= 0.6 is 22.9 Å². The van der Waals surface area contributed by atoms with Gasteiger partial charge in [0.15, 0.2) is 0 Å². The minimum absolute atomic E-state index is 0.203. The van der Waals surface area contributed by atoms with Crippen molar-refractivity contribution in [1.82, 2.24) is 4.98 Å². The number of hydrogen-bond donors (Lipinski definition) is 1. The molecule has 8 heteroatoms. The Morgan fingerprint density at radius 1 is 1.03 bits per heavy atom. The number of methoxy groups -OCH3 is 1. The molecular formula is C21H21ClN2O4S. The minimum Gasteiger partial charge on any atom is -0.491 e. The van der Waals surface area contributed by atoms with Crippen LogP contribution in [0.4, 0.5) is 5.69 Å². The molecule has 3 aromatic rings. The van der Waals surface area contributed by atoms with Gasteiger partial charge in [-0.1, -0.05) is 11.6 Å². The molecule has 0 fully saturated rings. The van der Waals surface area contributed by atoms with E-state index in [1.807, 2.05) is 6.92 Å². The van der Waals surface area contributed by atoms with E-state index in [4.69, 9.17) is 25.8 Å². The predicted molar refractivity (Wildman–Crippen MR) is 114 cm³/mol. The van der Waals surface area contributed by atoms with E-state index < -0.39 is 0 Å². The highest BCUT2D eigenvalue weighted by atomic mass is 35.5. The van der Waals surface area contributed by atoms with Crippen molar-refractivity contribution in [2.75, 3.05) is 25.6 Å². The average Bonchev–Trinajstić information content (AvgIpc) is 3.10. The number of nitrogens with zero attached hydrogens (tertiary/aromatic N) is 1. The summed E-state index contributed by atoms with van der Waals surface area (Å²) in [5.74, 6) is 1.21. The summed E-state index contributed by atoms with van der Waals surface area (Å²) in [6.07, 6.45) is 0. The maximum Gasteiger partial charge on any atom is 0.267 e. The third-order valence-corrected chi connectivity index (χ3v) is 5.27. The molecule has 0 radical (unpaired) electrons. The number of nitrogens with one attached hydrogen (secondary N) is 1. The van der Waals surface area contributed by atoms with E-state index in [-0.39, 0.29) is 12.5 Å². The van der Waals surface area contributed by atoms with Crippen molar-refractivity contribution in [3.8, 4) is 11.5 Å². The summed E-state index contributed by atoms with van der Waals surface area (Å²) >= 11 is 7.18. The Morgan fingerprint density at radius 2 is 1.69 bits per heavy atom. The fourth-order valence-corrected chi connectivity index (χ4v) is 3.46. The van der Waals surface area contributed by atoms with Crippen LogP contribution in [-0.4, -0.2) is 31.2 Å². The Bertz CT molecular complexity index is 942. The van der Waals surface area contributed by atoms with E-state index >= 15 is 0 Å². The number of ether oxygens (including phenoxy) is 3. The third kappa shape index (κ3) is 6.19. The second-order valence-electron chi connectivity index (χ2n) is 6.08. The Hall–Kier alpha value is -2.61. The quantitative estimate of drug-likeness (QED) is 0.484. The van der Waals surface area contributed by atoms with E-state index in [0.717, 1.165) is 10.8 Å². The number of thiazole rings is 1. The van der Waals surface area contributed by atoms with E-state index in [1.165, 1.54) is 11.3 Å². The van der Waals surface area contributed by atoms with Crippen LogP contribution < -0.4 is 14.8 Å². The smallest absolute Gasteiger partial charge is 0.267 e. The van der Waals surface area contributed by atoms with Crippen molar-refractivity contribution in [2.24, 2.45) is 0 Å². The average molecular weight is 433 g/mol. The Kier molecular flexibility index (Phi) is 7.46. The van der Waals surface area contributed by atoms with Gasteiger partial charge in [-0.05, 0) is 55.5 Å². The number of amides is 1. The van der Waals surface area contributed by atoms with Crippen molar-refractivity contribution in [1.29, 1.82) is 0 Å². The van der Waals surface area contributed by atoms with Gasteiger partial charge in [-0.3, -0.25) is 4.79 Å². The highest BCUT2D eigenvalue weighted by Crippen LogP contribution is 2.23. The molecule has 0 aliphatic carbocycles. The number of carbonyl (C=O) groups excluding carboxylic acids is 1. The molecule has 0 spiro atoms. The van der Waals surface area contributed by atoms with Crippen LogP contribution in [0.3, 0.4) is 0 Å². The second-order valence-corrected chi connectivity index (χ2v) is 7.60. The first-order chi connectivity index (χ1) is 14.0. The molecule has 152 valence electrons. The molecule has 1 amide bonds. The zero-order chi connectivity index (χ0) is 20.6. The molecule has 0 atom stereocenters. The monoisotopic (exact) mass is 432 g/mol. The summed E-state index contributed by atoms with van der Waals surface area (Å²) < 4.78 is 16.2. The third-order valence-electron chi connectivity index (χ3n) is 3.89. The maximum atomic E-state index is 12.6. The molecule has 6 nitrogen and oxygen atoms in total. The van der Waals surface area contributed by atoms with Gasteiger partial charge in [0.1, 0.15) is 34.6 Å². The molecule has 2 aromatic carbocycles. The lowest BCUT2D eigenvalue weighted by Gasteiger charge is -2.07. The number of aromatic nitrogens is 1. The summed E-state index contributed by atoms with van der Waals surface area (Å²) in [4.78, 5) is 17.6. The van der Waals surface area contributed by atoms with Crippen LogP contribution in [0.15, 0.2) is 48.5 Å². The number of hydrogen-bond acceptors (Lipinski definition) is 6. The number of anilines is 1. The zero-order valence-electron chi connectivity index (χ0n) is 16.1. The molecule has 0 aliphatic heterocycles. The molecule has 0 bridgehead atoms.